The van der Waals surface area contributed by atoms with Gasteiger partial charge in [-0.3, -0.25) is 14.9 Å². The average Bonchev–Trinajstić information content (AvgIpc) is 3.36. The number of carbonyl (C=O) groups is 2. The number of nitrogens with zero attached hydrogens (tertiary/aromatic N) is 1. The van der Waals surface area contributed by atoms with Crippen molar-refractivity contribution in [3.05, 3.63) is 76.0 Å². The van der Waals surface area contributed by atoms with Gasteiger partial charge >= 0.3 is 0 Å². The second-order valence-electron chi connectivity index (χ2n) is 5.63. The molecule has 5 nitrogen and oxygen atoms in total. The standard InChI is InChI=1S/C20H14N2O3S2/c1-25-14-8-4-9-15-17(14)21-20(27-15)22-19(24)13-7-3-2-6-12(13)18(23)16-10-5-11-26-16/h2-11H,1H3,(H,21,22,24). The molecule has 0 saturated carbocycles. The van der Waals surface area contributed by atoms with E-state index in [2.05, 4.69) is 10.3 Å². The van der Waals surface area contributed by atoms with Crippen LogP contribution in [0.5, 0.6) is 5.75 Å². The lowest BCUT2D eigenvalue weighted by molar-refractivity contribution is 0.0998. The van der Waals surface area contributed by atoms with Crippen LogP contribution in [0.1, 0.15) is 25.6 Å². The summed E-state index contributed by atoms with van der Waals surface area (Å²) in [7, 11) is 1.58. The maximum Gasteiger partial charge on any atom is 0.258 e. The number of rotatable bonds is 5. The number of nitrogens with one attached hydrogen (secondary N) is 1. The summed E-state index contributed by atoms with van der Waals surface area (Å²) in [5.41, 5.74) is 1.39. The van der Waals surface area contributed by atoms with Gasteiger partial charge < -0.3 is 4.74 Å². The van der Waals surface area contributed by atoms with Crippen LogP contribution in [0.3, 0.4) is 0 Å². The van der Waals surface area contributed by atoms with E-state index in [-0.39, 0.29) is 11.7 Å². The summed E-state index contributed by atoms with van der Waals surface area (Å²) in [6, 6.07) is 16.0. The lowest BCUT2D eigenvalue weighted by Crippen LogP contribution is -2.16. The molecule has 2 aromatic carbocycles. The first-order valence-electron chi connectivity index (χ1n) is 8.09. The highest BCUT2D eigenvalue weighted by Crippen LogP contribution is 2.32. The van der Waals surface area contributed by atoms with Gasteiger partial charge in [-0.15, -0.1) is 11.3 Å². The van der Waals surface area contributed by atoms with E-state index in [9.17, 15) is 9.59 Å². The van der Waals surface area contributed by atoms with Crippen molar-refractivity contribution < 1.29 is 14.3 Å². The Morgan fingerprint density at radius 1 is 1.00 bits per heavy atom. The lowest BCUT2D eigenvalue weighted by atomic mass is 10.0. The fourth-order valence-corrected chi connectivity index (χ4v) is 4.28. The van der Waals surface area contributed by atoms with Crippen molar-refractivity contribution in [2.75, 3.05) is 12.4 Å². The van der Waals surface area contributed by atoms with Crippen LogP contribution in [0.15, 0.2) is 60.0 Å². The smallest absolute Gasteiger partial charge is 0.258 e. The number of carbonyl (C=O) groups excluding carboxylic acids is 2. The van der Waals surface area contributed by atoms with Crippen molar-refractivity contribution in [2.45, 2.75) is 0 Å². The molecule has 0 atom stereocenters. The van der Waals surface area contributed by atoms with Gasteiger partial charge in [0.05, 0.1) is 22.3 Å². The fourth-order valence-electron chi connectivity index (χ4n) is 2.73. The topological polar surface area (TPSA) is 68.3 Å². The van der Waals surface area contributed by atoms with Gasteiger partial charge in [-0.2, -0.15) is 0 Å². The third-order valence-electron chi connectivity index (χ3n) is 3.98. The highest BCUT2D eigenvalue weighted by atomic mass is 32.1. The molecule has 0 saturated heterocycles. The Morgan fingerprint density at radius 3 is 2.56 bits per heavy atom. The molecule has 0 spiro atoms. The van der Waals surface area contributed by atoms with Gasteiger partial charge in [0.1, 0.15) is 11.3 Å². The Hall–Kier alpha value is -3.03. The quantitative estimate of drug-likeness (QED) is 0.491. The van der Waals surface area contributed by atoms with Crippen LogP contribution in [0.4, 0.5) is 5.13 Å². The van der Waals surface area contributed by atoms with Crippen LogP contribution >= 0.6 is 22.7 Å². The van der Waals surface area contributed by atoms with Crippen molar-refractivity contribution in [1.29, 1.82) is 0 Å². The van der Waals surface area contributed by atoms with Gasteiger partial charge in [0.25, 0.3) is 5.91 Å². The molecule has 27 heavy (non-hydrogen) atoms. The van der Waals surface area contributed by atoms with Crippen LogP contribution in [0.25, 0.3) is 10.2 Å². The molecule has 0 bridgehead atoms. The number of thiophene rings is 1. The molecule has 1 N–H and O–H groups in total. The van der Waals surface area contributed by atoms with Crippen molar-refractivity contribution in [1.82, 2.24) is 4.98 Å². The number of thiazole rings is 1. The molecule has 4 aromatic rings. The number of anilines is 1. The van der Waals surface area contributed by atoms with Crippen LogP contribution in [-0.2, 0) is 0 Å². The minimum absolute atomic E-state index is 0.165. The van der Waals surface area contributed by atoms with Crippen molar-refractivity contribution in [2.24, 2.45) is 0 Å². The number of fused-ring (bicyclic) bond motifs is 1. The maximum atomic E-state index is 12.8. The van der Waals surface area contributed by atoms with E-state index in [0.29, 0.717) is 32.4 Å². The number of ketones is 1. The molecule has 0 aliphatic rings. The Morgan fingerprint density at radius 2 is 1.81 bits per heavy atom. The molecule has 7 heteroatoms. The van der Waals surface area contributed by atoms with Crippen molar-refractivity contribution in [3.8, 4) is 5.75 Å². The number of methoxy groups -OCH3 is 1. The van der Waals surface area contributed by atoms with Gasteiger partial charge in [-0.25, -0.2) is 4.98 Å². The minimum Gasteiger partial charge on any atom is -0.494 e. The molecule has 2 heterocycles. The SMILES string of the molecule is COc1cccc2sc(NC(=O)c3ccccc3C(=O)c3cccs3)nc12. The molecule has 4 rings (SSSR count). The molecule has 0 aliphatic heterocycles. The zero-order valence-corrected chi connectivity index (χ0v) is 15.9. The zero-order valence-electron chi connectivity index (χ0n) is 14.3. The number of ether oxygens (including phenoxy) is 1. The van der Waals surface area contributed by atoms with E-state index in [0.717, 1.165) is 4.70 Å². The molecule has 2 aromatic heterocycles. The van der Waals surface area contributed by atoms with E-state index in [1.807, 2.05) is 29.6 Å². The second-order valence-corrected chi connectivity index (χ2v) is 7.61. The van der Waals surface area contributed by atoms with Gasteiger partial charge in [-0.1, -0.05) is 41.7 Å². The normalized spacial score (nSPS) is 10.7. The number of hydrogen-bond acceptors (Lipinski definition) is 6. The molecule has 0 fully saturated rings. The summed E-state index contributed by atoms with van der Waals surface area (Å²) in [4.78, 5) is 30.6. The predicted octanol–water partition coefficient (Wildman–Crippen LogP) is 4.85. The monoisotopic (exact) mass is 394 g/mol. The second kappa shape index (κ2) is 7.30. The summed E-state index contributed by atoms with van der Waals surface area (Å²) >= 11 is 2.71. The van der Waals surface area contributed by atoms with Gasteiger partial charge in [0, 0.05) is 5.56 Å². The van der Waals surface area contributed by atoms with Gasteiger partial charge in [0.2, 0.25) is 5.78 Å². The lowest BCUT2D eigenvalue weighted by Gasteiger charge is -2.07. The third kappa shape index (κ3) is 3.34. The van der Waals surface area contributed by atoms with Crippen molar-refractivity contribution >= 4 is 49.7 Å². The molecular weight excluding hydrogens is 380 g/mol. The zero-order chi connectivity index (χ0) is 18.8. The van der Waals surface area contributed by atoms with E-state index in [1.54, 1.807) is 37.4 Å². The molecule has 134 valence electrons. The number of hydrogen-bond donors (Lipinski definition) is 1. The number of para-hydroxylation sites is 1. The van der Waals surface area contributed by atoms with E-state index in [1.165, 1.54) is 22.7 Å². The molecule has 0 radical (unpaired) electrons. The predicted molar refractivity (Wildman–Crippen MR) is 108 cm³/mol. The number of amides is 1. The highest BCUT2D eigenvalue weighted by molar-refractivity contribution is 7.22. The largest absolute Gasteiger partial charge is 0.494 e. The summed E-state index contributed by atoms with van der Waals surface area (Å²) in [6.07, 6.45) is 0. The first kappa shape index (κ1) is 17.4. The van der Waals surface area contributed by atoms with Crippen LogP contribution in [-0.4, -0.2) is 23.8 Å². The Balaban J connectivity index is 1.65. The molecular formula is C20H14N2O3S2. The third-order valence-corrected chi connectivity index (χ3v) is 5.79. The molecule has 0 unspecified atom stereocenters. The summed E-state index contributed by atoms with van der Waals surface area (Å²) in [5.74, 6) is 0.118. The van der Waals surface area contributed by atoms with Crippen LogP contribution in [0, 0.1) is 0 Å². The minimum atomic E-state index is -0.367. The van der Waals surface area contributed by atoms with E-state index >= 15 is 0 Å². The number of aromatic nitrogens is 1. The molecule has 0 aliphatic carbocycles. The Kier molecular flexibility index (Phi) is 4.70. The van der Waals surface area contributed by atoms with Gasteiger partial charge in [-0.05, 0) is 29.6 Å². The summed E-state index contributed by atoms with van der Waals surface area (Å²) < 4.78 is 6.22. The van der Waals surface area contributed by atoms with E-state index in [4.69, 9.17) is 4.74 Å². The summed E-state index contributed by atoms with van der Waals surface area (Å²) in [5, 5.41) is 5.10. The number of benzene rings is 2. The van der Waals surface area contributed by atoms with E-state index < -0.39 is 0 Å². The Labute approximate surface area is 163 Å². The molecule has 1 amide bonds. The fraction of sp³-hybridized carbons (Fsp3) is 0.0500. The van der Waals surface area contributed by atoms with Crippen molar-refractivity contribution in [3.63, 3.8) is 0 Å². The maximum absolute atomic E-state index is 12.8. The van der Waals surface area contributed by atoms with Crippen LogP contribution in [0.2, 0.25) is 0 Å². The van der Waals surface area contributed by atoms with Crippen LogP contribution < -0.4 is 10.1 Å². The Bertz CT molecular complexity index is 1130. The summed E-state index contributed by atoms with van der Waals surface area (Å²) in [6.45, 7) is 0. The average molecular weight is 394 g/mol. The highest BCUT2D eigenvalue weighted by Gasteiger charge is 2.20. The van der Waals surface area contributed by atoms with Gasteiger partial charge in [0.15, 0.2) is 5.13 Å². The first-order valence-corrected chi connectivity index (χ1v) is 9.79. The first-order chi connectivity index (χ1) is 13.2.